The van der Waals surface area contributed by atoms with Gasteiger partial charge in [0.05, 0.1) is 17.1 Å². The number of sulfone groups is 1. The molecule has 0 bridgehead atoms. The van der Waals surface area contributed by atoms with Crippen molar-refractivity contribution in [1.82, 2.24) is 20.3 Å². The van der Waals surface area contributed by atoms with Crippen LogP contribution < -0.4 is 10.1 Å². The average Bonchev–Trinajstić information content (AvgIpc) is 3.02. The van der Waals surface area contributed by atoms with Gasteiger partial charge in [-0.25, -0.2) is 13.1 Å². The zero-order chi connectivity index (χ0) is 16.3. The molecule has 1 aliphatic rings. The van der Waals surface area contributed by atoms with Gasteiger partial charge in [-0.1, -0.05) is 11.3 Å². The molecule has 1 aromatic heterocycles. The van der Waals surface area contributed by atoms with Gasteiger partial charge in [0.15, 0.2) is 9.84 Å². The Kier molecular flexibility index (Phi) is 4.63. The van der Waals surface area contributed by atoms with E-state index >= 15 is 0 Å². The second kappa shape index (κ2) is 6.67. The fourth-order valence-electron chi connectivity index (χ4n) is 2.58. The Labute approximate surface area is 135 Å². The number of nitrogens with one attached hydrogen (secondary N) is 1. The Morgan fingerprint density at radius 3 is 2.87 bits per heavy atom. The molecule has 3 rings (SSSR count). The normalized spacial score (nSPS) is 16.4. The quantitative estimate of drug-likeness (QED) is 0.882. The van der Waals surface area contributed by atoms with E-state index < -0.39 is 9.84 Å². The van der Waals surface area contributed by atoms with Gasteiger partial charge >= 0.3 is 0 Å². The Bertz CT molecular complexity index is 767. The molecule has 0 unspecified atom stereocenters. The summed E-state index contributed by atoms with van der Waals surface area (Å²) in [6, 6.07) is 6.84. The molecule has 2 heterocycles. The highest BCUT2D eigenvalue weighted by atomic mass is 32.2. The van der Waals surface area contributed by atoms with Crippen LogP contribution in [0.1, 0.15) is 24.6 Å². The molecule has 8 heteroatoms. The Morgan fingerprint density at radius 1 is 1.35 bits per heavy atom. The van der Waals surface area contributed by atoms with Gasteiger partial charge < -0.3 is 10.1 Å². The molecule has 0 amide bonds. The van der Waals surface area contributed by atoms with Crippen molar-refractivity contribution < 1.29 is 13.2 Å². The minimum absolute atomic E-state index is 0.244. The van der Waals surface area contributed by atoms with E-state index in [1.165, 1.54) is 12.3 Å². The third-order valence-corrected chi connectivity index (χ3v) is 4.97. The maximum absolute atomic E-state index is 11.6. The van der Waals surface area contributed by atoms with Crippen LogP contribution in [0.3, 0.4) is 0 Å². The van der Waals surface area contributed by atoms with Crippen LogP contribution in [0.15, 0.2) is 35.4 Å². The largest absolute Gasteiger partial charge is 0.487 e. The van der Waals surface area contributed by atoms with Crippen LogP contribution in [-0.4, -0.2) is 42.8 Å². The van der Waals surface area contributed by atoms with Gasteiger partial charge in [-0.15, -0.1) is 5.10 Å². The van der Waals surface area contributed by atoms with Crippen molar-refractivity contribution in [1.29, 1.82) is 0 Å². The topological polar surface area (TPSA) is 86.1 Å². The number of hydrogen-bond acceptors (Lipinski definition) is 6. The summed E-state index contributed by atoms with van der Waals surface area (Å²) in [7, 11) is -3.24. The Hall–Kier alpha value is -1.93. The molecule has 2 aromatic rings. The monoisotopic (exact) mass is 336 g/mol. The Morgan fingerprint density at radius 2 is 2.13 bits per heavy atom. The maximum atomic E-state index is 11.6. The van der Waals surface area contributed by atoms with Gasteiger partial charge in [0.2, 0.25) is 0 Å². The smallest absolute Gasteiger partial charge is 0.175 e. The second-order valence-electron chi connectivity index (χ2n) is 5.71. The van der Waals surface area contributed by atoms with Crippen molar-refractivity contribution >= 4 is 9.84 Å². The molecule has 0 spiro atoms. The van der Waals surface area contributed by atoms with E-state index in [4.69, 9.17) is 4.74 Å². The van der Waals surface area contributed by atoms with Crippen LogP contribution in [0, 0.1) is 0 Å². The van der Waals surface area contributed by atoms with E-state index in [2.05, 4.69) is 15.6 Å². The maximum Gasteiger partial charge on any atom is 0.175 e. The summed E-state index contributed by atoms with van der Waals surface area (Å²) >= 11 is 0. The summed E-state index contributed by atoms with van der Waals surface area (Å²) in [6.07, 6.45) is 5.16. The van der Waals surface area contributed by atoms with Crippen molar-refractivity contribution in [3.63, 3.8) is 0 Å². The zero-order valence-electron chi connectivity index (χ0n) is 13.0. The van der Waals surface area contributed by atoms with Crippen LogP contribution >= 0.6 is 0 Å². The van der Waals surface area contributed by atoms with Gasteiger partial charge in [-0.05, 0) is 44.1 Å². The second-order valence-corrected chi connectivity index (χ2v) is 7.72. The first-order valence-corrected chi connectivity index (χ1v) is 9.46. The van der Waals surface area contributed by atoms with Crippen molar-refractivity contribution in [2.75, 3.05) is 19.3 Å². The van der Waals surface area contributed by atoms with E-state index in [1.807, 2.05) is 10.9 Å². The summed E-state index contributed by atoms with van der Waals surface area (Å²) in [5.74, 6) is 0.504. The van der Waals surface area contributed by atoms with Crippen LogP contribution in [-0.2, 0) is 16.4 Å². The summed E-state index contributed by atoms with van der Waals surface area (Å²) < 4.78 is 30.6. The van der Waals surface area contributed by atoms with Crippen LogP contribution in [0.2, 0.25) is 0 Å². The Balaban J connectivity index is 1.63. The highest BCUT2D eigenvalue weighted by Crippen LogP contribution is 2.20. The lowest BCUT2D eigenvalue weighted by Gasteiger charge is -2.22. The van der Waals surface area contributed by atoms with Crippen LogP contribution in [0.5, 0.6) is 5.75 Å². The van der Waals surface area contributed by atoms with Crippen LogP contribution in [0.4, 0.5) is 0 Å². The lowest BCUT2D eigenvalue weighted by molar-refractivity contribution is 0.300. The van der Waals surface area contributed by atoms with Gasteiger partial charge in [-0.2, -0.15) is 0 Å². The molecule has 23 heavy (non-hydrogen) atoms. The van der Waals surface area contributed by atoms with E-state index in [0.29, 0.717) is 11.8 Å². The molecule has 0 saturated carbocycles. The molecule has 0 radical (unpaired) electrons. The van der Waals surface area contributed by atoms with E-state index in [-0.39, 0.29) is 11.5 Å². The summed E-state index contributed by atoms with van der Waals surface area (Å²) in [6.45, 7) is 2.25. The molecular weight excluding hydrogens is 316 g/mol. The summed E-state index contributed by atoms with van der Waals surface area (Å²) in [4.78, 5) is 0.244. The highest BCUT2D eigenvalue weighted by molar-refractivity contribution is 7.90. The van der Waals surface area contributed by atoms with Gasteiger partial charge in [0.1, 0.15) is 18.1 Å². The number of aromatic nitrogens is 3. The minimum Gasteiger partial charge on any atom is -0.487 e. The summed E-state index contributed by atoms with van der Waals surface area (Å²) in [5, 5.41) is 11.6. The molecule has 7 nitrogen and oxygen atoms in total. The number of nitrogens with zero attached hydrogens (tertiary/aromatic N) is 3. The average molecular weight is 336 g/mol. The van der Waals surface area contributed by atoms with Crippen molar-refractivity contribution in [2.24, 2.45) is 0 Å². The lowest BCUT2D eigenvalue weighted by Crippen LogP contribution is -2.29. The molecule has 1 N–H and O–H groups in total. The molecule has 0 atom stereocenters. The molecule has 0 aliphatic carbocycles. The van der Waals surface area contributed by atoms with E-state index in [1.54, 1.807) is 18.2 Å². The standard InChI is InChI=1S/C15H20N4O3S/c1-23(20,21)15-4-2-3-14(9-15)22-11-12-10-19(18-17-12)13-5-7-16-8-6-13/h2-4,9-10,13,16H,5-8,11H2,1H3. The number of rotatable bonds is 5. The molecule has 1 fully saturated rings. The molecule has 1 aromatic carbocycles. The zero-order valence-corrected chi connectivity index (χ0v) is 13.8. The number of benzene rings is 1. The number of hydrogen-bond donors (Lipinski definition) is 1. The van der Waals surface area contributed by atoms with Crippen molar-refractivity contribution in [2.45, 2.75) is 30.4 Å². The fraction of sp³-hybridized carbons (Fsp3) is 0.467. The van der Waals surface area contributed by atoms with Gasteiger partial charge in [0.25, 0.3) is 0 Å². The SMILES string of the molecule is CS(=O)(=O)c1cccc(OCc2cn(C3CCNCC3)nn2)c1. The molecule has 1 saturated heterocycles. The highest BCUT2D eigenvalue weighted by Gasteiger charge is 2.16. The van der Waals surface area contributed by atoms with Crippen molar-refractivity contribution in [3.8, 4) is 5.75 Å². The predicted molar refractivity (Wildman–Crippen MR) is 85.0 cm³/mol. The molecule has 1 aliphatic heterocycles. The minimum atomic E-state index is -3.24. The molecular formula is C15H20N4O3S. The predicted octanol–water partition coefficient (Wildman–Crippen LogP) is 1.19. The first kappa shape index (κ1) is 15.9. The first-order chi connectivity index (χ1) is 11.0. The van der Waals surface area contributed by atoms with E-state index in [9.17, 15) is 8.42 Å². The summed E-state index contributed by atoms with van der Waals surface area (Å²) in [5.41, 5.74) is 0.730. The van der Waals surface area contributed by atoms with Crippen molar-refractivity contribution in [3.05, 3.63) is 36.2 Å². The molecule has 124 valence electrons. The third kappa shape index (κ3) is 4.08. The first-order valence-electron chi connectivity index (χ1n) is 7.57. The van der Waals surface area contributed by atoms with Gasteiger partial charge in [-0.3, -0.25) is 0 Å². The fourth-order valence-corrected chi connectivity index (χ4v) is 3.24. The van der Waals surface area contributed by atoms with Crippen LogP contribution in [0.25, 0.3) is 0 Å². The van der Waals surface area contributed by atoms with E-state index in [0.717, 1.165) is 31.6 Å². The van der Waals surface area contributed by atoms with Gasteiger partial charge in [0, 0.05) is 6.26 Å². The lowest BCUT2D eigenvalue weighted by atomic mass is 10.1. The number of ether oxygens (including phenoxy) is 1. The number of piperidine rings is 1. The third-order valence-electron chi connectivity index (χ3n) is 3.86.